The van der Waals surface area contributed by atoms with Crippen molar-refractivity contribution in [3.8, 4) is 11.3 Å². The first-order valence-electron chi connectivity index (χ1n) is 11.5. The van der Waals surface area contributed by atoms with Gasteiger partial charge in [-0.3, -0.25) is 4.79 Å². The minimum Gasteiger partial charge on any atom is -0.444 e. The van der Waals surface area contributed by atoms with E-state index in [1.54, 1.807) is 39.0 Å². The van der Waals surface area contributed by atoms with Crippen LogP contribution in [0.1, 0.15) is 32.8 Å². The van der Waals surface area contributed by atoms with Crippen LogP contribution in [0.4, 0.5) is 13.6 Å². The highest BCUT2D eigenvalue weighted by Gasteiger charge is 2.36. The molecule has 4 rings (SSSR count). The number of hydrogen-bond acceptors (Lipinski definition) is 4. The molecule has 3 N–H and O–H groups in total. The SMILES string of the molecule is CC(C)(C)OC(=O)N1CC(NC(=O)CCc2c(-c3ccc(F)cc3)[nH]c3ccc(F)cc23)[C@@H](O)C1. The Hall–Kier alpha value is -3.46. The number of H-pyrrole nitrogens is 1. The first kappa shape index (κ1) is 24.7. The number of hydrogen-bond donors (Lipinski definition) is 3. The number of halogens is 2. The van der Waals surface area contributed by atoms with Gasteiger partial charge in [0.1, 0.15) is 17.2 Å². The quantitative estimate of drug-likeness (QED) is 0.506. The summed E-state index contributed by atoms with van der Waals surface area (Å²) in [5, 5.41) is 13.8. The Morgan fingerprint density at radius 1 is 1.11 bits per heavy atom. The van der Waals surface area contributed by atoms with Gasteiger partial charge in [0.25, 0.3) is 0 Å². The maximum atomic E-state index is 14.0. The highest BCUT2D eigenvalue weighted by molar-refractivity contribution is 5.91. The van der Waals surface area contributed by atoms with Crippen LogP contribution in [0.5, 0.6) is 0 Å². The number of aliphatic hydroxyl groups is 1. The van der Waals surface area contributed by atoms with Gasteiger partial charge in [-0.2, -0.15) is 0 Å². The minimum absolute atomic E-state index is 0.0658. The van der Waals surface area contributed by atoms with E-state index < -0.39 is 29.7 Å². The Labute approximate surface area is 202 Å². The average molecular weight is 486 g/mol. The summed E-state index contributed by atoms with van der Waals surface area (Å²) in [5.74, 6) is -1.08. The standard InChI is InChI=1S/C26H29F2N3O4/c1-26(2,3)35-25(34)31-13-21(22(32)14-31)29-23(33)11-9-18-19-12-17(28)8-10-20(19)30-24(18)15-4-6-16(27)7-5-15/h4-8,10,12,21-22,30,32H,9,11,13-14H2,1-3H3,(H,29,33)/t21?,22-/m0/s1. The molecule has 1 fully saturated rings. The molecule has 1 aliphatic heterocycles. The molecule has 2 aromatic carbocycles. The molecule has 0 bridgehead atoms. The van der Waals surface area contributed by atoms with E-state index in [1.807, 2.05) is 0 Å². The second kappa shape index (κ2) is 9.65. The number of carbonyl (C=O) groups is 2. The van der Waals surface area contributed by atoms with E-state index in [1.165, 1.54) is 29.2 Å². The maximum Gasteiger partial charge on any atom is 0.410 e. The molecule has 0 aliphatic carbocycles. The first-order valence-corrected chi connectivity index (χ1v) is 11.5. The molecule has 2 amide bonds. The number of carbonyl (C=O) groups excluding carboxylic acids is 2. The lowest BCUT2D eigenvalue weighted by Crippen LogP contribution is -2.43. The van der Waals surface area contributed by atoms with Crippen molar-refractivity contribution in [1.29, 1.82) is 0 Å². The predicted octanol–water partition coefficient (Wildman–Crippen LogP) is 4.14. The van der Waals surface area contributed by atoms with Crippen LogP contribution < -0.4 is 5.32 Å². The molecule has 0 saturated carbocycles. The van der Waals surface area contributed by atoms with Crippen molar-refractivity contribution < 1.29 is 28.2 Å². The largest absolute Gasteiger partial charge is 0.444 e. The number of nitrogens with one attached hydrogen (secondary N) is 2. The minimum atomic E-state index is -0.913. The van der Waals surface area contributed by atoms with E-state index in [9.17, 15) is 23.5 Å². The van der Waals surface area contributed by atoms with Gasteiger partial charge in [-0.25, -0.2) is 13.6 Å². The van der Waals surface area contributed by atoms with Gasteiger partial charge in [0.15, 0.2) is 0 Å². The lowest BCUT2D eigenvalue weighted by Gasteiger charge is -2.24. The summed E-state index contributed by atoms with van der Waals surface area (Å²) in [5.41, 5.74) is 2.20. The summed E-state index contributed by atoms with van der Waals surface area (Å²) in [7, 11) is 0. The first-order chi connectivity index (χ1) is 16.5. The van der Waals surface area contributed by atoms with Gasteiger partial charge in [-0.1, -0.05) is 0 Å². The van der Waals surface area contributed by atoms with Crippen molar-refractivity contribution >= 4 is 22.9 Å². The molecule has 7 nitrogen and oxygen atoms in total. The van der Waals surface area contributed by atoms with E-state index in [0.717, 1.165) is 11.1 Å². The summed E-state index contributed by atoms with van der Waals surface area (Å²) < 4.78 is 32.8. The predicted molar refractivity (Wildman–Crippen MR) is 128 cm³/mol. The number of nitrogens with zero attached hydrogens (tertiary/aromatic N) is 1. The monoisotopic (exact) mass is 485 g/mol. The van der Waals surface area contributed by atoms with Crippen LogP contribution in [0.25, 0.3) is 22.2 Å². The smallest absolute Gasteiger partial charge is 0.410 e. The van der Waals surface area contributed by atoms with Crippen molar-refractivity contribution in [1.82, 2.24) is 15.2 Å². The normalized spacial score (nSPS) is 18.2. The fourth-order valence-corrected chi connectivity index (χ4v) is 4.26. The highest BCUT2D eigenvalue weighted by atomic mass is 19.1. The van der Waals surface area contributed by atoms with Gasteiger partial charge < -0.3 is 25.0 Å². The van der Waals surface area contributed by atoms with Crippen LogP contribution in [0.3, 0.4) is 0 Å². The molecule has 186 valence electrons. The fourth-order valence-electron chi connectivity index (χ4n) is 4.26. The summed E-state index contributed by atoms with van der Waals surface area (Å²) in [4.78, 5) is 29.7. The molecule has 1 aliphatic rings. The van der Waals surface area contributed by atoms with Crippen molar-refractivity contribution in [3.05, 3.63) is 59.7 Å². The summed E-state index contributed by atoms with van der Waals surface area (Å²) >= 11 is 0. The van der Waals surface area contributed by atoms with E-state index >= 15 is 0 Å². The maximum absolute atomic E-state index is 14.0. The van der Waals surface area contributed by atoms with E-state index in [-0.39, 0.29) is 31.2 Å². The van der Waals surface area contributed by atoms with Gasteiger partial charge in [-0.15, -0.1) is 0 Å². The number of amides is 2. The lowest BCUT2D eigenvalue weighted by atomic mass is 10.0. The van der Waals surface area contributed by atoms with Crippen LogP contribution in [0, 0.1) is 11.6 Å². The van der Waals surface area contributed by atoms with Crippen LogP contribution in [0.2, 0.25) is 0 Å². The summed E-state index contributed by atoms with van der Waals surface area (Å²) in [6.45, 7) is 5.48. The topological polar surface area (TPSA) is 94.7 Å². The summed E-state index contributed by atoms with van der Waals surface area (Å²) in [6, 6.07) is 9.70. The number of fused-ring (bicyclic) bond motifs is 1. The van der Waals surface area contributed by atoms with Gasteiger partial charge in [-0.05, 0) is 80.8 Å². The van der Waals surface area contributed by atoms with Crippen molar-refractivity contribution in [3.63, 3.8) is 0 Å². The van der Waals surface area contributed by atoms with E-state index in [2.05, 4.69) is 10.3 Å². The van der Waals surface area contributed by atoms with E-state index in [4.69, 9.17) is 4.74 Å². The molecule has 2 atom stereocenters. The van der Waals surface area contributed by atoms with Gasteiger partial charge in [0.05, 0.1) is 18.7 Å². The third-order valence-electron chi connectivity index (χ3n) is 5.89. The Balaban J connectivity index is 1.46. The van der Waals surface area contributed by atoms with Crippen molar-refractivity contribution in [2.24, 2.45) is 0 Å². The van der Waals surface area contributed by atoms with Crippen LogP contribution >= 0.6 is 0 Å². The van der Waals surface area contributed by atoms with Crippen LogP contribution in [-0.2, 0) is 16.0 Å². The average Bonchev–Trinajstić information content (AvgIpc) is 3.32. The fraction of sp³-hybridized carbons (Fsp3) is 0.385. The van der Waals surface area contributed by atoms with Crippen LogP contribution in [-0.4, -0.2) is 57.8 Å². The number of benzene rings is 2. The number of rotatable bonds is 5. The Morgan fingerprint density at radius 2 is 1.80 bits per heavy atom. The molecule has 0 radical (unpaired) electrons. The molecule has 1 saturated heterocycles. The van der Waals surface area contributed by atoms with Crippen molar-refractivity contribution in [2.45, 2.75) is 51.4 Å². The molecule has 3 aromatic rings. The molecule has 1 unspecified atom stereocenters. The Kier molecular flexibility index (Phi) is 6.80. The van der Waals surface area contributed by atoms with Crippen LogP contribution in [0.15, 0.2) is 42.5 Å². The molecule has 9 heteroatoms. The Bertz CT molecular complexity index is 1230. The number of aromatic amines is 1. The number of aryl methyl sites for hydroxylation is 1. The van der Waals surface area contributed by atoms with Gasteiger partial charge in [0.2, 0.25) is 5.91 Å². The van der Waals surface area contributed by atoms with Gasteiger partial charge >= 0.3 is 6.09 Å². The van der Waals surface area contributed by atoms with E-state index in [0.29, 0.717) is 23.0 Å². The van der Waals surface area contributed by atoms with Gasteiger partial charge in [0, 0.05) is 29.6 Å². The molecule has 2 heterocycles. The zero-order chi connectivity index (χ0) is 25.3. The summed E-state index contributed by atoms with van der Waals surface area (Å²) in [6.07, 6.45) is -1.09. The number of aliphatic hydroxyl groups excluding tert-OH is 1. The molecular formula is C26H29F2N3O4. The third-order valence-corrected chi connectivity index (χ3v) is 5.89. The molecular weight excluding hydrogens is 456 g/mol. The zero-order valence-corrected chi connectivity index (χ0v) is 19.9. The Morgan fingerprint density at radius 3 is 2.49 bits per heavy atom. The second-order valence-electron chi connectivity index (χ2n) is 9.80. The van der Waals surface area contributed by atoms with Crippen molar-refractivity contribution in [2.75, 3.05) is 13.1 Å². The number of likely N-dealkylation sites (tertiary alicyclic amines) is 1. The molecule has 1 aromatic heterocycles. The third kappa shape index (κ3) is 5.79. The number of aromatic nitrogens is 1. The number of β-amino-alcohol motifs (C(OH)–C–C–N with tert-alkyl or cyclic N) is 1. The zero-order valence-electron chi connectivity index (χ0n) is 19.9. The molecule has 35 heavy (non-hydrogen) atoms. The number of ether oxygens (including phenoxy) is 1. The second-order valence-corrected chi connectivity index (χ2v) is 9.80. The molecule has 0 spiro atoms. The lowest BCUT2D eigenvalue weighted by molar-refractivity contribution is -0.122. The highest BCUT2D eigenvalue weighted by Crippen LogP contribution is 2.32.